The van der Waals surface area contributed by atoms with Crippen LogP contribution in [0.5, 0.6) is 0 Å². The predicted molar refractivity (Wildman–Crippen MR) is 43.6 cm³/mol. The van der Waals surface area contributed by atoms with Gasteiger partial charge in [-0.15, -0.1) is 6.42 Å². The molecule has 12 heavy (non-hydrogen) atoms. The van der Waals surface area contributed by atoms with E-state index in [2.05, 4.69) is 10.9 Å². The van der Waals surface area contributed by atoms with Crippen LogP contribution < -0.4 is 0 Å². The van der Waals surface area contributed by atoms with Crippen LogP contribution in [0.1, 0.15) is 11.3 Å². The molecule has 0 spiro atoms. The van der Waals surface area contributed by atoms with Crippen LogP contribution in [0.25, 0.3) is 0 Å². The largest absolute Gasteiger partial charge is 0.276 e. The van der Waals surface area contributed by atoms with Gasteiger partial charge in [-0.3, -0.25) is 10.1 Å². The molecule has 0 saturated heterocycles. The van der Waals surface area contributed by atoms with Gasteiger partial charge in [0.1, 0.15) is 5.69 Å². The van der Waals surface area contributed by atoms with Crippen LogP contribution in [-0.2, 0) is 0 Å². The molecule has 1 heterocycles. The third-order valence-electron chi connectivity index (χ3n) is 1.42. The van der Waals surface area contributed by atoms with Crippen LogP contribution in [0.4, 0.5) is 5.69 Å². The second-order valence-electron chi connectivity index (χ2n) is 2.26. The maximum absolute atomic E-state index is 10.4. The van der Waals surface area contributed by atoms with Gasteiger partial charge >= 0.3 is 0 Å². The van der Waals surface area contributed by atoms with Crippen LogP contribution in [0, 0.1) is 29.4 Å². The molecule has 0 fully saturated rings. The molecule has 0 saturated carbocycles. The van der Waals surface area contributed by atoms with Crippen LogP contribution in [0.2, 0.25) is 0 Å². The molecule has 60 valence electrons. The summed E-state index contributed by atoms with van der Waals surface area (Å²) in [5, 5.41) is 10.4. The topological polar surface area (TPSA) is 56.0 Å². The van der Waals surface area contributed by atoms with Crippen molar-refractivity contribution in [3.8, 4) is 12.3 Å². The first-order chi connectivity index (χ1) is 5.65. The molecular formula is C8H6N2O2. The summed E-state index contributed by atoms with van der Waals surface area (Å²) >= 11 is 0. The van der Waals surface area contributed by atoms with Gasteiger partial charge in [0.15, 0.2) is 0 Å². The fraction of sp³-hybridized carbons (Fsp3) is 0.125. The molecule has 0 aromatic carbocycles. The van der Waals surface area contributed by atoms with Crippen LogP contribution >= 0.6 is 0 Å². The van der Waals surface area contributed by atoms with Gasteiger partial charge in [-0.25, -0.2) is 4.98 Å². The lowest BCUT2D eigenvalue weighted by molar-refractivity contribution is -0.385. The second-order valence-corrected chi connectivity index (χ2v) is 2.26. The summed E-state index contributed by atoms with van der Waals surface area (Å²) < 4.78 is 0. The highest BCUT2D eigenvalue weighted by Crippen LogP contribution is 2.16. The molecule has 1 aromatic heterocycles. The lowest BCUT2D eigenvalue weighted by Crippen LogP contribution is -1.94. The number of aryl methyl sites for hydroxylation is 1. The summed E-state index contributed by atoms with van der Waals surface area (Å²) in [5.41, 5.74) is 0.809. The summed E-state index contributed by atoms with van der Waals surface area (Å²) in [4.78, 5) is 13.7. The normalized spacial score (nSPS) is 9.00. The molecule has 1 aromatic rings. The van der Waals surface area contributed by atoms with Gasteiger partial charge < -0.3 is 0 Å². The standard InChI is InChI=1S/C8H6N2O2/c1-3-7-4-8(10(11)12)6(2)5-9-7/h1,4-5H,2H3. The zero-order chi connectivity index (χ0) is 9.14. The predicted octanol–water partition coefficient (Wildman–Crippen LogP) is 1.28. The summed E-state index contributed by atoms with van der Waals surface area (Å²) in [6.07, 6.45) is 6.43. The van der Waals surface area contributed by atoms with Crippen LogP contribution in [0.3, 0.4) is 0 Å². The highest BCUT2D eigenvalue weighted by atomic mass is 16.6. The molecule has 0 amide bonds. The Morgan fingerprint density at radius 2 is 2.42 bits per heavy atom. The van der Waals surface area contributed by atoms with E-state index in [4.69, 9.17) is 6.42 Å². The Hall–Kier alpha value is -1.89. The van der Waals surface area contributed by atoms with Crippen LogP contribution in [0.15, 0.2) is 12.3 Å². The van der Waals surface area contributed by atoms with Crippen molar-refractivity contribution in [1.82, 2.24) is 4.98 Å². The van der Waals surface area contributed by atoms with E-state index >= 15 is 0 Å². The van der Waals surface area contributed by atoms with Crippen molar-refractivity contribution in [2.24, 2.45) is 0 Å². The molecular weight excluding hydrogens is 156 g/mol. The average Bonchev–Trinajstić information content (AvgIpc) is 2.05. The number of nitrogens with zero attached hydrogens (tertiary/aromatic N) is 2. The Balaban J connectivity index is 3.28. The summed E-state index contributed by atoms with van der Waals surface area (Å²) in [6, 6.07) is 1.29. The molecule has 0 aliphatic carbocycles. The van der Waals surface area contributed by atoms with E-state index in [1.54, 1.807) is 6.92 Å². The van der Waals surface area contributed by atoms with Gasteiger partial charge in [0.2, 0.25) is 0 Å². The zero-order valence-corrected chi connectivity index (χ0v) is 6.44. The first-order valence-corrected chi connectivity index (χ1v) is 3.23. The number of terminal acetylenes is 1. The molecule has 0 atom stereocenters. The molecule has 4 heteroatoms. The van der Waals surface area contributed by atoms with Crippen molar-refractivity contribution in [3.05, 3.63) is 33.6 Å². The Morgan fingerprint density at radius 3 is 2.92 bits per heavy atom. The SMILES string of the molecule is C#Cc1cc([N+](=O)[O-])c(C)cn1. The Bertz CT molecular complexity index is 366. The maximum atomic E-state index is 10.4. The molecule has 0 unspecified atom stereocenters. The van der Waals surface area contributed by atoms with Gasteiger partial charge in [-0.2, -0.15) is 0 Å². The zero-order valence-electron chi connectivity index (χ0n) is 6.44. The molecule has 0 N–H and O–H groups in total. The Labute approximate surface area is 69.4 Å². The smallest absolute Gasteiger partial charge is 0.258 e. The van der Waals surface area contributed by atoms with Gasteiger partial charge in [0.25, 0.3) is 5.69 Å². The third-order valence-corrected chi connectivity index (χ3v) is 1.42. The lowest BCUT2D eigenvalue weighted by atomic mass is 10.2. The van der Waals surface area contributed by atoms with Crippen molar-refractivity contribution in [1.29, 1.82) is 0 Å². The number of nitro groups is 1. The van der Waals surface area contributed by atoms with Gasteiger partial charge in [-0.05, 0) is 6.92 Å². The summed E-state index contributed by atoms with van der Waals surface area (Å²) in [6.45, 7) is 1.62. The Morgan fingerprint density at radius 1 is 1.75 bits per heavy atom. The number of hydrogen-bond donors (Lipinski definition) is 0. The van der Waals surface area contributed by atoms with Gasteiger partial charge in [-0.1, -0.05) is 5.92 Å². The maximum Gasteiger partial charge on any atom is 0.276 e. The molecule has 0 bridgehead atoms. The number of hydrogen-bond acceptors (Lipinski definition) is 3. The fourth-order valence-corrected chi connectivity index (χ4v) is 0.789. The van der Waals surface area contributed by atoms with E-state index < -0.39 is 4.92 Å². The first-order valence-electron chi connectivity index (χ1n) is 3.23. The molecule has 0 radical (unpaired) electrons. The number of pyridine rings is 1. The van der Waals surface area contributed by atoms with Crippen LogP contribution in [-0.4, -0.2) is 9.91 Å². The number of aromatic nitrogens is 1. The van der Waals surface area contributed by atoms with E-state index in [1.165, 1.54) is 12.3 Å². The van der Waals surface area contributed by atoms with E-state index in [0.29, 0.717) is 5.56 Å². The van der Waals surface area contributed by atoms with Crippen molar-refractivity contribution in [3.63, 3.8) is 0 Å². The van der Waals surface area contributed by atoms with Crippen molar-refractivity contribution in [2.45, 2.75) is 6.92 Å². The summed E-state index contributed by atoms with van der Waals surface area (Å²) in [7, 11) is 0. The second kappa shape index (κ2) is 3.01. The van der Waals surface area contributed by atoms with E-state index in [1.807, 2.05) is 0 Å². The monoisotopic (exact) mass is 162 g/mol. The minimum absolute atomic E-state index is 0.0120. The quantitative estimate of drug-likeness (QED) is 0.355. The lowest BCUT2D eigenvalue weighted by Gasteiger charge is -1.95. The van der Waals surface area contributed by atoms with Gasteiger partial charge in [0.05, 0.1) is 11.0 Å². The number of rotatable bonds is 1. The third kappa shape index (κ3) is 1.40. The van der Waals surface area contributed by atoms with Gasteiger partial charge in [0, 0.05) is 11.8 Å². The van der Waals surface area contributed by atoms with E-state index in [-0.39, 0.29) is 11.4 Å². The highest BCUT2D eigenvalue weighted by Gasteiger charge is 2.10. The van der Waals surface area contributed by atoms with Crippen molar-refractivity contribution in [2.75, 3.05) is 0 Å². The summed E-state index contributed by atoms with van der Waals surface area (Å²) in [5.74, 6) is 2.23. The van der Waals surface area contributed by atoms with Crippen molar-refractivity contribution < 1.29 is 4.92 Å². The molecule has 1 rings (SSSR count). The molecule has 4 nitrogen and oxygen atoms in total. The minimum Gasteiger partial charge on any atom is -0.258 e. The van der Waals surface area contributed by atoms with Crippen molar-refractivity contribution >= 4 is 5.69 Å². The Kier molecular flexibility index (Phi) is 2.06. The van der Waals surface area contributed by atoms with E-state index in [0.717, 1.165) is 0 Å². The minimum atomic E-state index is -0.474. The highest BCUT2D eigenvalue weighted by molar-refractivity contribution is 5.42. The average molecular weight is 162 g/mol. The first kappa shape index (κ1) is 8.21. The molecule has 0 aliphatic heterocycles. The fourth-order valence-electron chi connectivity index (χ4n) is 0.789. The molecule has 0 aliphatic rings. The van der Waals surface area contributed by atoms with E-state index in [9.17, 15) is 10.1 Å².